The van der Waals surface area contributed by atoms with Gasteiger partial charge in [-0.15, -0.1) is 0 Å². The predicted molar refractivity (Wildman–Crippen MR) is 101 cm³/mol. The number of benzene rings is 1. The fraction of sp³-hybridized carbons (Fsp3) is 0.500. The van der Waals surface area contributed by atoms with Gasteiger partial charge in [0.1, 0.15) is 0 Å². The second kappa shape index (κ2) is 7.83. The normalized spacial score (nSPS) is 18.3. The van der Waals surface area contributed by atoms with Gasteiger partial charge in [-0.2, -0.15) is 5.10 Å². The topological polar surface area (TPSA) is 61.0 Å². The van der Waals surface area contributed by atoms with Crippen LogP contribution in [0, 0.1) is 19.8 Å². The van der Waals surface area contributed by atoms with Crippen molar-refractivity contribution in [3.8, 4) is 0 Å². The lowest BCUT2D eigenvalue weighted by atomic mass is 10.00. The molecule has 25 heavy (non-hydrogen) atoms. The van der Waals surface area contributed by atoms with Crippen LogP contribution >= 0.6 is 0 Å². The molecule has 0 radical (unpaired) electrons. The summed E-state index contributed by atoms with van der Waals surface area (Å²) in [6.07, 6.45) is 2.99. The monoisotopic (exact) mass is 340 g/mol. The van der Waals surface area contributed by atoms with E-state index < -0.39 is 0 Å². The SMILES string of the molecule is Cc1n[nH]c(C)c1CC(=O)Nc1ccc(CN2CCCC(C)C2)cc1. The minimum absolute atomic E-state index is 0.00907. The lowest BCUT2D eigenvalue weighted by molar-refractivity contribution is -0.115. The van der Waals surface area contributed by atoms with Crippen molar-refractivity contribution >= 4 is 11.6 Å². The maximum absolute atomic E-state index is 12.3. The molecule has 2 N–H and O–H groups in total. The molecule has 1 amide bonds. The molecule has 0 saturated carbocycles. The molecule has 5 heteroatoms. The van der Waals surface area contributed by atoms with Crippen molar-refractivity contribution in [3.63, 3.8) is 0 Å². The summed E-state index contributed by atoms with van der Waals surface area (Å²) in [7, 11) is 0. The highest BCUT2D eigenvalue weighted by Gasteiger charge is 2.16. The molecule has 0 aliphatic carbocycles. The lowest BCUT2D eigenvalue weighted by Crippen LogP contribution is -2.33. The third kappa shape index (κ3) is 4.69. The quantitative estimate of drug-likeness (QED) is 0.876. The second-order valence-electron chi connectivity index (χ2n) is 7.32. The number of anilines is 1. The Morgan fingerprint density at radius 2 is 2.08 bits per heavy atom. The number of carbonyl (C=O) groups is 1. The number of likely N-dealkylation sites (tertiary alicyclic amines) is 1. The van der Waals surface area contributed by atoms with Crippen molar-refractivity contribution in [1.29, 1.82) is 0 Å². The molecule has 1 aliphatic rings. The molecular weight excluding hydrogens is 312 g/mol. The van der Waals surface area contributed by atoms with E-state index in [1.807, 2.05) is 26.0 Å². The molecule has 1 fully saturated rings. The van der Waals surface area contributed by atoms with Crippen LogP contribution in [0.1, 0.15) is 42.3 Å². The number of aromatic amines is 1. The summed E-state index contributed by atoms with van der Waals surface area (Å²) >= 11 is 0. The molecule has 1 aromatic heterocycles. The summed E-state index contributed by atoms with van der Waals surface area (Å²) in [4.78, 5) is 14.8. The van der Waals surface area contributed by atoms with Crippen LogP contribution < -0.4 is 5.32 Å². The number of piperidine rings is 1. The van der Waals surface area contributed by atoms with Gasteiger partial charge in [-0.1, -0.05) is 19.1 Å². The van der Waals surface area contributed by atoms with Crippen LogP contribution in [0.5, 0.6) is 0 Å². The minimum Gasteiger partial charge on any atom is -0.326 e. The number of carbonyl (C=O) groups excluding carboxylic acids is 1. The first-order valence-electron chi connectivity index (χ1n) is 9.13. The number of amides is 1. The fourth-order valence-corrected chi connectivity index (χ4v) is 3.58. The average molecular weight is 340 g/mol. The van der Waals surface area contributed by atoms with E-state index in [9.17, 15) is 4.79 Å². The first-order chi connectivity index (χ1) is 12.0. The molecule has 134 valence electrons. The van der Waals surface area contributed by atoms with Gasteiger partial charge < -0.3 is 5.32 Å². The zero-order valence-electron chi connectivity index (χ0n) is 15.4. The Kier molecular flexibility index (Phi) is 5.53. The first-order valence-corrected chi connectivity index (χ1v) is 9.13. The van der Waals surface area contributed by atoms with Gasteiger partial charge in [0.15, 0.2) is 0 Å². The highest BCUT2D eigenvalue weighted by Crippen LogP contribution is 2.19. The van der Waals surface area contributed by atoms with Gasteiger partial charge >= 0.3 is 0 Å². The Hall–Kier alpha value is -2.14. The largest absolute Gasteiger partial charge is 0.326 e. The van der Waals surface area contributed by atoms with E-state index in [1.54, 1.807) is 0 Å². The smallest absolute Gasteiger partial charge is 0.228 e. The Morgan fingerprint density at radius 3 is 2.72 bits per heavy atom. The summed E-state index contributed by atoms with van der Waals surface area (Å²) < 4.78 is 0. The molecule has 1 aromatic carbocycles. The third-order valence-electron chi connectivity index (χ3n) is 5.00. The Labute approximate surface area is 149 Å². The van der Waals surface area contributed by atoms with Crippen LogP contribution in [0.15, 0.2) is 24.3 Å². The molecule has 2 heterocycles. The zero-order chi connectivity index (χ0) is 17.8. The molecule has 0 spiro atoms. The van der Waals surface area contributed by atoms with Crippen molar-refractivity contribution in [2.24, 2.45) is 5.92 Å². The average Bonchev–Trinajstić information content (AvgIpc) is 2.89. The number of rotatable bonds is 5. The molecule has 1 unspecified atom stereocenters. The second-order valence-corrected chi connectivity index (χ2v) is 7.32. The number of hydrogen-bond acceptors (Lipinski definition) is 3. The van der Waals surface area contributed by atoms with Crippen molar-refractivity contribution in [2.45, 2.75) is 46.6 Å². The highest BCUT2D eigenvalue weighted by molar-refractivity contribution is 5.92. The number of nitrogens with zero attached hydrogens (tertiary/aromatic N) is 2. The Morgan fingerprint density at radius 1 is 1.32 bits per heavy atom. The van der Waals surface area contributed by atoms with Gasteiger partial charge in [-0.05, 0) is 56.8 Å². The summed E-state index contributed by atoms with van der Waals surface area (Å²) in [6, 6.07) is 8.22. The van der Waals surface area contributed by atoms with E-state index in [0.717, 1.165) is 35.1 Å². The molecule has 0 bridgehead atoms. The Balaban J connectivity index is 1.54. The molecule has 1 saturated heterocycles. The standard InChI is InChI=1S/C20H28N4O/c1-14-5-4-10-24(12-14)13-17-6-8-18(9-7-17)21-20(25)11-19-15(2)22-23-16(19)3/h6-9,14H,4-5,10-13H2,1-3H3,(H,21,25)(H,22,23). The third-order valence-corrected chi connectivity index (χ3v) is 5.00. The van der Waals surface area contributed by atoms with Gasteiger partial charge in [0.05, 0.1) is 12.1 Å². The van der Waals surface area contributed by atoms with Crippen LogP contribution in [-0.4, -0.2) is 34.1 Å². The van der Waals surface area contributed by atoms with Gasteiger partial charge in [0.25, 0.3) is 0 Å². The Bertz CT molecular complexity index is 700. The molecule has 2 aromatic rings. The summed E-state index contributed by atoms with van der Waals surface area (Å²) in [6.45, 7) is 9.55. The predicted octanol–water partition coefficient (Wildman–Crippen LogP) is 3.44. The molecule has 3 rings (SSSR count). The van der Waals surface area contributed by atoms with E-state index in [0.29, 0.717) is 6.42 Å². The van der Waals surface area contributed by atoms with Gasteiger partial charge in [0.2, 0.25) is 5.91 Å². The van der Waals surface area contributed by atoms with E-state index >= 15 is 0 Å². The van der Waals surface area contributed by atoms with Crippen LogP contribution in [0.25, 0.3) is 0 Å². The molecular formula is C20H28N4O. The van der Waals surface area contributed by atoms with Crippen molar-refractivity contribution in [1.82, 2.24) is 15.1 Å². The van der Waals surface area contributed by atoms with Gasteiger partial charge in [0, 0.05) is 30.0 Å². The van der Waals surface area contributed by atoms with Gasteiger partial charge in [-0.25, -0.2) is 0 Å². The number of hydrogen-bond donors (Lipinski definition) is 2. The number of H-pyrrole nitrogens is 1. The fourth-order valence-electron chi connectivity index (χ4n) is 3.58. The van der Waals surface area contributed by atoms with E-state index in [-0.39, 0.29) is 5.91 Å². The van der Waals surface area contributed by atoms with E-state index in [2.05, 4.69) is 39.5 Å². The molecule has 5 nitrogen and oxygen atoms in total. The maximum atomic E-state index is 12.3. The van der Waals surface area contributed by atoms with Crippen LogP contribution in [0.4, 0.5) is 5.69 Å². The van der Waals surface area contributed by atoms with Crippen molar-refractivity contribution in [2.75, 3.05) is 18.4 Å². The van der Waals surface area contributed by atoms with Crippen LogP contribution in [0.3, 0.4) is 0 Å². The zero-order valence-corrected chi connectivity index (χ0v) is 15.4. The number of nitrogens with one attached hydrogen (secondary N) is 2. The summed E-state index contributed by atoms with van der Waals surface area (Å²) in [5.41, 5.74) is 4.97. The molecule has 1 atom stereocenters. The molecule has 1 aliphatic heterocycles. The number of aryl methyl sites for hydroxylation is 2. The maximum Gasteiger partial charge on any atom is 0.228 e. The summed E-state index contributed by atoms with van der Waals surface area (Å²) in [5, 5.41) is 10.0. The van der Waals surface area contributed by atoms with E-state index in [1.165, 1.54) is 31.5 Å². The van der Waals surface area contributed by atoms with Crippen LogP contribution in [-0.2, 0) is 17.8 Å². The highest BCUT2D eigenvalue weighted by atomic mass is 16.1. The minimum atomic E-state index is -0.00907. The first kappa shape index (κ1) is 17.7. The van der Waals surface area contributed by atoms with Crippen molar-refractivity contribution < 1.29 is 4.79 Å². The lowest BCUT2D eigenvalue weighted by Gasteiger charge is -2.30. The van der Waals surface area contributed by atoms with Crippen molar-refractivity contribution in [3.05, 3.63) is 46.8 Å². The van der Waals surface area contributed by atoms with E-state index in [4.69, 9.17) is 0 Å². The van der Waals surface area contributed by atoms with Crippen LogP contribution in [0.2, 0.25) is 0 Å². The number of aromatic nitrogens is 2. The summed E-state index contributed by atoms with van der Waals surface area (Å²) in [5.74, 6) is 0.785. The van der Waals surface area contributed by atoms with Gasteiger partial charge in [-0.3, -0.25) is 14.8 Å².